The van der Waals surface area contributed by atoms with Crippen molar-refractivity contribution in [3.05, 3.63) is 23.8 Å². The van der Waals surface area contributed by atoms with Gasteiger partial charge in [-0.25, -0.2) is 0 Å². The van der Waals surface area contributed by atoms with Crippen LogP contribution in [0.5, 0.6) is 11.5 Å². The van der Waals surface area contributed by atoms with E-state index >= 15 is 0 Å². The molecule has 3 heteroatoms. The standard InChI is InChI=1S/C15H23NO2/c1-10(2)15(3)9-13(16-4)12-8-11(17-5)6-7-14(12)18-15/h6-8,10,13,16H,9H2,1-5H3. The number of nitrogens with one attached hydrogen (secondary N) is 1. The van der Waals surface area contributed by atoms with Crippen LogP contribution in [0.15, 0.2) is 18.2 Å². The molecule has 0 saturated heterocycles. The van der Waals surface area contributed by atoms with E-state index in [2.05, 4.69) is 32.2 Å². The summed E-state index contributed by atoms with van der Waals surface area (Å²) in [5.41, 5.74) is 1.07. The largest absolute Gasteiger partial charge is 0.497 e. The summed E-state index contributed by atoms with van der Waals surface area (Å²) in [4.78, 5) is 0. The molecule has 0 fully saturated rings. The minimum atomic E-state index is -0.116. The van der Waals surface area contributed by atoms with E-state index in [1.54, 1.807) is 7.11 Å². The van der Waals surface area contributed by atoms with E-state index in [4.69, 9.17) is 9.47 Å². The Balaban J connectivity index is 2.41. The van der Waals surface area contributed by atoms with Gasteiger partial charge in [-0.2, -0.15) is 0 Å². The van der Waals surface area contributed by atoms with Crippen molar-refractivity contribution in [2.24, 2.45) is 5.92 Å². The van der Waals surface area contributed by atoms with Gasteiger partial charge >= 0.3 is 0 Å². The van der Waals surface area contributed by atoms with Gasteiger partial charge < -0.3 is 14.8 Å². The monoisotopic (exact) mass is 249 g/mol. The van der Waals surface area contributed by atoms with E-state index in [-0.39, 0.29) is 5.60 Å². The van der Waals surface area contributed by atoms with Crippen LogP contribution in [0.25, 0.3) is 0 Å². The topological polar surface area (TPSA) is 30.5 Å². The highest BCUT2D eigenvalue weighted by Gasteiger charge is 2.39. The highest BCUT2D eigenvalue weighted by Crippen LogP contribution is 2.43. The fraction of sp³-hybridized carbons (Fsp3) is 0.600. The van der Waals surface area contributed by atoms with E-state index in [1.165, 1.54) is 5.56 Å². The van der Waals surface area contributed by atoms with Crippen LogP contribution in [-0.4, -0.2) is 19.8 Å². The van der Waals surface area contributed by atoms with Gasteiger partial charge in [0, 0.05) is 18.0 Å². The molecule has 0 aromatic heterocycles. The Morgan fingerprint density at radius 2 is 2.17 bits per heavy atom. The summed E-state index contributed by atoms with van der Waals surface area (Å²) in [7, 11) is 3.69. The Labute approximate surface area is 109 Å². The second-order valence-electron chi connectivity index (χ2n) is 5.52. The van der Waals surface area contributed by atoms with Crippen LogP contribution in [0, 0.1) is 5.92 Å². The van der Waals surface area contributed by atoms with Gasteiger partial charge in [-0.1, -0.05) is 13.8 Å². The fourth-order valence-electron chi connectivity index (χ4n) is 2.44. The average Bonchev–Trinajstić information content (AvgIpc) is 2.37. The Kier molecular flexibility index (Phi) is 3.53. The van der Waals surface area contributed by atoms with Crippen LogP contribution < -0.4 is 14.8 Å². The molecule has 0 spiro atoms. The molecule has 18 heavy (non-hydrogen) atoms. The maximum atomic E-state index is 6.22. The predicted molar refractivity (Wildman–Crippen MR) is 73.3 cm³/mol. The van der Waals surface area contributed by atoms with Crippen LogP contribution in [0.3, 0.4) is 0 Å². The first-order chi connectivity index (χ1) is 8.50. The summed E-state index contributed by atoms with van der Waals surface area (Å²) in [6.45, 7) is 6.61. The molecule has 1 aliphatic rings. The molecule has 1 aromatic rings. The lowest BCUT2D eigenvalue weighted by molar-refractivity contribution is 0.00674. The zero-order valence-electron chi connectivity index (χ0n) is 11.9. The Hall–Kier alpha value is -1.22. The number of ether oxygens (including phenoxy) is 2. The normalized spacial score (nSPS) is 26.7. The molecular weight excluding hydrogens is 226 g/mol. The average molecular weight is 249 g/mol. The molecule has 0 amide bonds. The van der Waals surface area contributed by atoms with Crippen molar-refractivity contribution in [3.63, 3.8) is 0 Å². The molecule has 100 valence electrons. The molecule has 1 heterocycles. The Morgan fingerprint density at radius 3 is 2.72 bits per heavy atom. The molecule has 1 N–H and O–H groups in total. The van der Waals surface area contributed by atoms with Crippen molar-refractivity contribution >= 4 is 0 Å². The lowest BCUT2D eigenvalue weighted by Gasteiger charge is -2.42. The van der Waals surface area contributed by atoms with Gasteiger partial charge in [-0.3, -0.25) is 0 Å². The smallest absolute Gasteiger partial charge is 0.125 e. The number of hydrogen-bond donors (Lipinski definition) is 1. The number of benzene rings is 1. The lowest BCUT2D eigenvalue weighted by atomic mass is 9.81. The van der Waals surface area contributed by atoms with E-state index in [0.717, 1.165) is 17.9 Å². The second kappa shape index (κ2) is 4.81. The highest BCUT2D eigenvalue weighted by molar-refractivity contribution is 5.44. The molecule has 0 aliphatic carbocycles. The molecule has 2 atom stereocenters. The molecule has 0 bridgehead atoms. The van der Waals surface area contributed by atoms with Crippen molar-refractivity contribution in [2.75, 3.05) is 14.2 Å². The summed E-state index contributed by atoms with van der Waals surface area (Å²) >= 11 is 0. The van der Waals surface area contributed by atoms with Gasteiger partial charge in [0.25, 0.3) is 0 Å². The third-order valence-electron chi connectivity index (χ3n) is 4.11. The van der Waals surface area contributed by atoms with Crippen molar-refractivity contribution in [1.29, 1.82) is 0 Å². The third kappa shape index (κ3) is 2.19. The fourth-order valence-corrected chi connectivity index (χ4v) is 2.44. The van der Waals surface area contributed by atoms with Gasteiger partial charge in [0.2, 0.25) is 0 Å². The Morgan fingerprint density at radius 1 is 1.44 bits per heavy atom. The lowest BCUT2D eigenvalue weighted by Crippen LogP contribution is -2.45. The summed E-state index contributed by atoms with van der Waals surface area (Å²) in [5, 5.41) is 3.39. The van der Waals surface area contributed by atoms with Crippen LogP contribution in [0.2, 0.25) is 0 Å². The Bertz CT molecular complexity index is 431. The zero-order valence-corrected chi connectivity index (χ0v) is 11.9. The third-order valence-corrected chi connectivity index (χ3v) is 4.11. The summed E-state index contributed by atoms with van der Waals surface area (Å²) in [6.07, 6.45) is 0.974. The molecule has 2 unspecified atom stereocenters. The van der Waals surface area contributed by atoms with E-state index in [9.17, 15) is 0 Å². The maximum Gasteiger partial charge on any atom is 0.125 e. The van der Waals surface area contributed by atoms with Crippen molar-refractivity contribution in [2.45, 2.75) is 38.8 Å². The first-order valence-electron chi connectivity index (χ1n) is 6.54. The highest BCUT2D eigenvalue weighted by atomic mass is 16.5. The first-order valence-corrected chi connectivity index (χ1v) is 6.54. The minimum Gasteiger partial charge on any atom is -0.497 e. The quantitative estimate of drug-likeness (QED) is 0.892. The zero-order chi connectivity index (χ0) is 13.3. The van der Waals surface area contributed by atoms with Crippen LogP contribution in [0.4, 0.5) is 0 Å². The molecule has 0 radical (unpaired) electrons. The first kappa shape index (κ1) is 13.2. The van der Waals surface area contributed by atoms with Gasteiger partial charge in [-0.15, -0.1) is 0 Å². The van der Waals surface area contributed by atoms with Gasteiger partial charge in [-0.05, 0) is 38.1 Å². The second-order valence-corrected chi connectivity index (χ2v) is 5.52. The van der Waals surface area contributed by atoms with Crippen LogP contribution in [0.1, 0.15) is 38.8 Å². The molecule has 1 aliphatic heterocycles. The minimum absolute atomic E-state index is 0.116. The molecular formula is C15H23NO2. The van der Waals surface area contributed by atoms with Gasteiger partial charge in [0.15, 0.2) is 0 Å². The van der Waals surface area contributed by atoms with Gasteiger partial charge in [0.1, 0.15) is 17.1 Å². The summed E-state index contributed by atoms with van der Waals surface area (Å²) in [6, 6.07) is 6.35. The van der Waals surface area contributed by atoms with Crippen molar-refractivity contribution < 1.29 is 9.47 Å². The molecule has 0 saturated carbocycles. The van der Waals surface area contributed by atoms with E-state index in [0.29, 0.717) is 12.0 Å². The van der Waals surface area contributed by atoms with Crippen molar-refractivity contribution in [3.8, 4) is 11.5 Å². The summed E-state index contributed by atoms with van der Waals surface area (Å²) < 4.78 is 11.5. The maximum absolute atomic E-state index is 6.22. The number of fused-ring (bicyclic) bond motifs is 1. The van der Waals surface area contributed by atoms with Crippen LogP contribution >= 0.6 is 0 Å². The number of methoxy groups -OCH3 is 1. The van der Waals surface area contributed by atoms with Crippen molar-refractivity contribution in [1.82, 2.24) is 5.32 Å². The van der Waals surface area contributed by atoms with Gasteiger partial charge in [0.05, 0.1) is 7.11 Å². The molecule has 2 rings (SSSR count). The molecule has 3 nitrogen and oxygen atoms in total. The SMILES string of the molecule is CNC1CC(C)(C(C)C)Oc2ccc(OC)cc21. The van der Waals surface area contributed by atoms with E-state index in [1.807, 2.05) is 19.2 Å². The predicted octanol–water partition coefficient (Wildman–Crippen LogP) is 3.15. The summed E-state index contributed by atoms with van der Waals surface area (Å²) in [5.74, 6) is 2.33. The van der Waals surface area contributed by atoms with E-state index < -0.39 is 0 Å². The number of hydrogen-bond acceptors (Lipinski definition) is 3. The van der Waals surface area contributed by atoms with Crippen LogP contribution in [-0.2, 0) is 0 Å². The number of rotatable bonds is 3. The molecule has 1 aromatic carbocycles.